The van der Waals surface area contributed by atoms with Crippen LogP contribution in [0.3, 0.4) is 0 Å². The Morgan fingerprint density at radius 3 is 1.32 bits per heavy atom. The molecule has 1 heterocycles. The van der Waals surface area contributed by atoms with Crippen LogP contribution in [0.1, 0.15) is 16.7 Å². The third-order valence-corrected chi connectivity index (χ3v) is 5.05. The Kier molecular flexibility index (Phi) is 4.40. The zero-order valence-electron chi connectivity index (χ0n) is 13.6. The van der Waals surface area contributed by atoms with Crippen LogP contribution < -0.4 is 0 Å². The minimum Gasteiger partial charge on any atom is -0.252 e. The molecular weight excluding hydrogens is 419 g/mol. The summed E-state index contributed by atoms with van der Waals surface area (Å²) < 4.78 is 3.05. The van der Waals surface area contributed by atoms with Gasteiger partial charge in [0, 0.05) is 6.20 Å². The third-order valence-electron chi connectivity index (χ3n) is 4.47. The van der Waals surface area contributed by atoms with Gasteiger partial charge in [-0.25, -0.2) is 0 Å². The summed E-state index contributed by atoms with van der Waals surface area (Å²) in [6.45, 7) is 0. The maximum Gasteiger partial charge on any atom is 0.138 e. The average molecular weight is 436 g/mol. The molecule has 0 radical (unpaired) electrons. The number of aromatic nitrogens is 2. The third kappa shape index (κ3) is 2.78. The Hall–Kier alpha value is -2.40. The maximum atomic E-state index is 4.82. The van der Waals surface area contributed by atoms with Crippen molar-refractivity contribution in [1.29, 1.82) is 0 Å². The van der Waals surface area contributed by atoms with Crippen LogP contribution in [0, 0.1) is 3.70 Å². The van der Waals surface area contributed by atoms with E-state index in [0.717, 1.165) is 3.70 Å². The van der Waals surface area contributed by atoms with Crippen molar-refractivity contribution in [2.45, 2.75) is 5.54 Å². The second-order valence-electron chi connectivity index (χ2n) is 5.89. The summed E-state index contributed by atoms with van der Waals surface area (Å²) in [6, 6.07) is 33.8. The summed E-state index contributed by atoms with van der Waals surface area (Å²) in [5.74, 6) is 0. The molecule has 4 aromatic rings. The highest BCUT2D eigenvalue weighted by Crippen LogP contribution is 2.40. The maximum absolute atomic E-state index is 4.82. The average Bonchev–Trinajstić information content (AvgIpc) is 3.12. The molecule has 0 atom stereocenters. The van der Waals surface area contributed by atoms with Crippen molar-refractivity contribution in [3.05, 3.63) is 124 Å². The molecule has 0 saturated carbocycles. The summed E-state index contributed by atoms with van der Waals surface area (Å²) in [7, 11) is 0. The largest absolute Gasteiger partial charge is 0.252 e. The zero-order valence-corrected chi connectivity index (χ0v) is 15.7. The smallest absolute Gasteiger partial charge is 0.138 e. The molecule has 3 heteroatoms. The van der Waals surface area contributed by atoms with Crippen molar-refractivity contribution in [2.75, 3.05) is 0 Å². The van der Waals surface area contributed by atoms with E-state index in [1.54, 1.807) is 0 Å². The van der Waals surface area contributed by atoms with E-state index < -0.39 is 5.54 Å². The van der Waals surface area contributed by atoms with Gasteiger partial charge < -0.3 is 0 Å². The van der Waals surface area contributed by atoms with E-state index in [9.17, 15) is 0 Å². The van der Waals surface area contributed by atoms with Gasteiger partial charge in [0.05, 0.1) is 0 Å². The fourth-order valence-electron chi connectivity index (χ4n) is 3.42. The monoisotopic (exact) mass is 436 g/mol. The topological polar surface area (TPSA) is 17.8 Å². The highest BCUT2D eigenvalue weighted by molar-refractivity contribution is 14.1. The van der Waals surface area contributed by atoms with E-state index in [1.165, 1.54) is 16.7 Å². The van der Waals surface area contributed by atoms with E-state index in [0.29, 0.717) is 0 Å². The number of benzene rings is 3. The van der Waals surface area contributed by atoms with Crippen LogP contribution in [-0.4, -0.2) is 9.78 Å². The number of hydrogen-bond donors (Lipinski definition) is 0. The molecule has 0 aliphatic rings. The summed E-state index contributed by atoms with van der Waals surface area (Å²) in [5, 5.41) is 4.82. The van der Waals surface area contributed by atoms with E-state index in [1.807, 2.05) is 6.07 Å². The highest BCUT2D eigenvalue weighted by Gasteiger charge is 2.39. The normalized spacial score (nSPS) is 11.4. The minimum atomic E-state index is -0.507. The molecular formula is C22H17IN2. The Morgan fingerprint density at radius 1 is 0.600 bits per heavy atom. The molecule has 4 rings (SSSR count). The van der Waals surface area contributed by atoms with Gasteiger partial charge >= 0.3 is 0 Å². The van der Waals surface area contributed by atoms with Gasteiger partial charge in [-0.2, -0.15) is 5.10 Å². The summed E-state index contributed by atoms with van der Waals surface area (Å²) in [4.78, 5) is 0. The zero-order chi connectivity index (χ0) is 17.1. The SMILES string of the molecule is Ic1ccn(C(c2ccccc2)(c2ccccc2)c2ccccc2)n1. The Morgan fingerprint density at radius 2 is 1.00 bits per heavy atom. The van der Waals surface area contributed by atoms with E-state index in [2.05, 4.69) is 124 Å². The number of halogens is 1. The van der Waals surface area contributed by atoms with Crippen molar-refractivity contribution >= 4 is 22.6 Å². The van der Waals surface area contributed by atoms with Gasteiger partial charge in [-0.15, -0.1) is 0 Å². The van der Waals surface area contributed by atoms with Crippen LogP contribution in [0.15, 0.2) is 103 Å². The molecule has 0 amide bonds. The molecule has 0 fully saturated rings. The second kappa shape index (κ2) is 6.84. The predicted molar refractivity (Wildman–Crippen MR) is 110 cm³/mol. The first-order valence-electron chi connectivity index (χ1n) is 8.20. The minimum absolute atomic E-state index is 0.507. The molecule has 2 nitrogen and oxygen atoms in total. The van der Waals surface area contributed by atoms with Gasteiger partial charge in [-0.05, 0) is 45.3 Å². The van der Waals surface area contributed by atoms with Crippen molar-refractivity contribution < 1.29 is 0 Å². The van der Waals surface area contributed by atoms with Crippen LogP contribution in [0.2, 0.25) is 0 Å². The van der Waals surface area contributed by atoms with Crippen LogP contribution in [0.4, 0.5) is 0 Å². The fourth-order valence-corrected chi connectivity index (χ4v) is 3.82. The van der Waals surface area contributed by atoms with Crippen molar-refractivity contribution in [3.8, 4) is 0 Å². The lowest BCUT2D eigenvalue weighted by Crippen LogP contribution is -2.38. The van der Waals surface area contributed by atoms with E-state index in [4.69, 9.17) is 5.10 Å². The standard InChI is InChI=1S/C22H17IN2/c23-21-16-17-25(24-21)22(18-10-4-1-5-11-18,19-12-6-2-7-13-19)20-14-8-3-9-15-20/h1-17H. The van der Waals surface area contributed by atoms with Gasteiger partial charge in [-0.1, -0.05) is 91.0 Å². The van der Waals surface area contributed by atoms with Gasteiger partial charge in [0.2, 0.25) is 0 Å². The first kappa shape index (κ1) is 16.1. The molecule has 0 spiro atoms. The molecule has 0 saturated heterocycles. The van der Waals surface area contributed by atoms with Crippen molar-refractivity contribution in [1.82, 2.24) is 9.78 Å². The highest BCUT2D eigenvalue weighted by atomic mass is 127. The molecule has 0 unspecified atom stereocenters. The summed E-state index contributed by atoms with van der Waals surface area (Å²) >= 11 is 2.27. The summed E-state index contributed by atoms with van der Waals surface area (Å²) in [6.07, 6.45) is 2.06. The lowest BCUT2D eigenvalue weighted by atomic mass is 9.77. The lowest BCUT2D eigenvalue weighted by Gasteiger charge is -2.36. The number of hydrogen-bond acceptors (Lipinski definition) is 1. The molecule has 0 N–H and O–H groups in total. The Bertz CT molecular complexity index is 850. The predicted octanol–water partition coefficient (Wildman–Crippen LogP) is 5.33. The van der Waals surface area contributed by atoms with Gasteiger partial charge in [-0.3, -0.25) is 4.68 Å². The van der Waals surface area contributed by atoms with Crippen molar-refractivity contribution in [3.63, 3.8) is 0 Å². The first-order valence-corrected chi connectivity index (χ1v) is 9.28. The molecule has 0 bridgehead atoms. The number of rotatable bonds is 4. The first-order chi connectivity index (χ1) is 12.3. The lowest BCUT2D eigenvalue weighted by molar-refractivity contribution is 0.458. The van der Waals surface area contributed by atoms with Crippen LogP contribution in [0.5, 0.6) is 0 Å². The quantitative estimate of drug-likeness (QED) is 0.313. The van der Waals surface area contributed by atoms with Crippen LogP contribution in [-0.2, 0) is 5.54 Å². The number of nitrogens with zero attached hydrogens (tertiary/aromatic N) is 2. The molecule has 0 aliphatic heterocycles. The van der Waals surface area contributed by atoms with Crippen LogP contribution >= 0.6 is 22.6 Å². The Labute approximate surface area is 161 Å². The Balaban J connectivity index is 2.12. The van der Waals surface area contributed by atoms with Gasteiger partial charge in [0.25, 0.3) is 0 Å². The second-order valence-corrected chi connectivity index (χ2v) is 7.00. The van der Waals surface area contributed by atoms with E-state index in [-0.39, 0.29) is 0 Å². The molecule has 25 heavy (non-hydrogen) atoms. The fraction of sp³-hybridized carbons (Fsp3) is 0.0455. The molecule has 122 valence electrons. The van der Waals surface area contributed by atoms with Gasteiger partial charge in [0.1, 0.15) is 9.24 Å². The molecule has 0 aliphatic carbocycles. The van der Waals surface area contributed by atoms with Gasteiger partial charge in [0.15, 0.2) is 0 Å². The molecule has 3 aromatic carbocycles. The summed E-state index contributed by atoms with van der Waals surface area (Å²) in [5.41, 5.74) is 3.05. The van der Waals surface area contributed by atoms with Crippen molar-refractivity contribution in [2.24, 2.45) is 0 Å². The van der Waals surface area contributed by atoms with Crippen LogP contribution in [0.25, 0.3) is 0 Å². The van der Waals surface area contributed by atoms with E-state index >= 15 is 0 Å². The molecule has 1 aromatic heterocycles.